The van der Waals surface area contributed by atoms with Crippen LogP contribution in [0.2, 0.25) is 0 Å². The monoisotopic (exact) mass is 325 g/mol. The molecule has 0 saturated heterocycles. The largest absolute Gasteiger partial charge is 0.326 e. The maximum atomic E-state index is 12.1. The van der Waals surface area contributed by atoms with E-state index in [2.05, 4.69) is 25.8 Å². The molecular weight excluding hydrogens is 306 g/mol. The van der Waals surface area contributed by atoms with Crippen LogP contribution in [0.4, 0.5) is 9.93 Å². The zero-order valence-electron chi connectivity index (χ0n) is 12.8. The van der Waals surface area contributed by atoms with Gasteiger partial charge in [-0.3, -0.25) is 5.32 Å². The van der Waals surface area contributed by atoms with E-state index in [1.807, 2.05) is 34.6 Å². The zero-order chi connectivity index (χ0) is 15.6. The number of nitrogens with zero attached hydrogens (tertiary/aromatic N) is 3. The Balaban J connectivity index is 2.03. The maximum absolute atomic E-state index is 12.1. The molecule has 2 aromatic heterocycles. The molecule has 21 heavy (non-hydrogen) atoms. The molecule has 0 aliphatic heterocycles. The summed E-state index contributed by atoms with van der Waals surface area (Å²) in [5, 5.41) is 15.8. The number of carbonyl (C=O) groups excluding carboxylic acids is 1. The molecule has 2 amide bonds. The number of nitrogens with one attached hydrogen (secondary N) is 2. The second-order valence-electron chi connectivity index (χ2n) is 5.22. The summed E-state index contributed by atoms with van der Waals surface area (Å²) in [4.78, 5) is 17.8. The lowest BCUT2D eigenvalue weighted by molar-refractivity contribution is 0.241. The van der Waals surface area contributed by atoms with Gasteiger partial charge >= 0.3 is 6.03 Å². The maximum Gasteiger partial charge on any atom is 0.321 e. The van der Waals surface area contributed by atoms with Gasteiger partial charge < -0.3 is 5.32 Å². The van der Waals surface area contributed by atoms with Crippen molar-refractivity contribution in [3.8, 4) is 0 Å². The minimum Gasteiger partial charge on any atom is -0.326 e. The fourth-order valence-corrected chi connectivity index (χ4v) is 3.30. The molecule has 0 saturated carbocycles. The topological polar surface area (TPSA) is 79.8 Å². The molecule has 0 radical (unpaired) electrons. The highest BCUT2D eigenvalue weighted by molar-refractivity contribution is 7.15. The number of aromatic nitrogens is 3. The number of thiazole rings is 1. The summed E-state index contributed by atoms with van der Waals surface area (Å²) in [5.74, 6) is 0. The smallest absolute Gasteiger partial charge is 0.321 e. The van der Waals surface area contributed by atoms with Crippen molar-refractivity contribution in [3.63, 3.8) is 0 Å². The Kier molecular flexibility index (Phi) is 4.58. The third-order valence-corrected chi connectivity index (χ3v) is 5.36. The first kappa shape index (κ1) is 15.8. The van der Waals surface area contributed by atoms with E-state index < -0.39 is 5.54 Å². The Bertz CT molecular complexity index is 627. The standard InChI is InChI=1S/C13H19N5OS2/c1-6-9-17-18-12(21-9)15-11(19)16-13(4,5)10-14-7(2)8(3)20-10/h6H2,1-5H3,(H2,15,16,18,19). The molecule has 2 heterocycles. The summed E-state index contributed by atoms with van der Waals surface area (Å²) in [6.07, 6.45) is 0.810. The van der Waals surface area contributed by atoms with Gasteiger partial charge in [0.15, 0.2) is 0 Å². The normalized spacial score (nSPS) is 11.5. The second kappa shape index (κ2) is 6.07. The van der Waals surface area contributed by atoms with Crippen LogP contribution >= 0.6 is 22.7 Å². The van der Waals surface area contributed by atoms with Crippen molar-refractivity contribution in [2.75, 3.05) is 5.32 Å². The van der Waals surface area contributed by atoms with Crippen molar-refractivity contribution in [2.45, 2.75) is 46.6 Å². The number of anilines is 1. The minimum absolute atomic E-state index is 0.302. The molecule has 0 aromatic carbocycles. The molecule has 2 aromatic rings. The molecule has 0 spiro atoms. The molecule has 8 heteroatoms. The van der Waals surface area contributed by atoms with Gasteiger partial charge in [0.1, 0.15) is 10.0 Å². The number of aryl methyl sites for hydroxylation is 3. The number of hydrogen-bond acceptors (Lipinski definition) is 6. The van der Waals surface area contributed by atoms with Crippen LogP contribution in [0.15, 0.2) is 0 Å². The van der Waals surface area contributed by atoms with Crippen LogP contribution in [0, 0.1) is 13.8 Å². The molecule has 0 bridgehead atoms. The predicted octanol–water partition coefficient (Wildman–Crippen LogP) is 3.23. The molecule has 6 nitrogen and oxygen atoms in total. The Morgan fingerprint density at radius 1 is 1.24 bits per heavy atom. The van der Waals surface area contributed by atoms with Crippen LogP contribution < -0.4 is 10.6 Å². The number of amides is 2. The van der Waals surface area contributed by atoms with E-state index in [1.165, 1.54) is 11.3 Å². The fourth-order valence-electron chi connectivity index (χ4n) is 1.65. The van der Waals surface area contributed by atoms with E-state index in [4.69, 9.17) is 0 Å². The van der Waals surface area contributed by atoms with Gasteiger partial charge in [0.05, 0.1) is 11.2 Å². The predicted molar refractivity (Wildman–Crippen MR) is 86.1 cm³/mol. The first-order valence-corrected chi connectivity index (χ1v) is 8.31. The van der Waals surface area contributed by atoms with Gasteiger partial charge in [-0.15, -0.1) is 21.5 Å². The minimum atomic E-state index is -0.536. The quantitative estimate of drug-likeness (QED) is 0.904. The number of hydrogen-bond donors (Lipinski definition) is 2. The van der Waals surface area contributed by atoms with Crippen molar-refractivity contribution in [3.05, 3.63) is 20.6 Å². The third-order valence-electron chi connectivity index (χ3n) is 2.98. The summed E-state index contributed by atoms with van der Waals surface area (Å²) in [6, 6.07) is -0.302. The zero-order valence-corrected chi connectivity index (χ0v) is 14.4. The molecule has 0 aliphatic carbocycles. The lowest BCUT2D eigenvalue weighted by Gasteiger charge is -2.23. The first-order valence-electron chi connectivity index (χ1n) is 6.68. The average molecular weight is 325 g/mol. The lowest BCUT2D eigenvalue weighted by Crippen LogP contribution is -2.43. The van der Waals surface area contributed by atoms with Crippen LogP contribution in [0.1, 0.15) is 41.4 Å². The van der Waals surface area contributed by atoms with Gasteiger partial charge in [0.25, 0.3) is 0 Å². The summed E-state index contributed by atoms with van der Waals surface area (Å²) in [6.45, 7) is 9.86. The summed E-state index contributed by atoms with van der Waals surface area (Å²) < 4.78 is 0. The van der Waals surface area contributed by atoms with E-state index in [-0.39, 0.29) is 6.03 Å². The van der Waals surface area contributed by atoms with Crippen LogP contribution in [0.25, 0.3) is 0 Å². The third kappa shape index (κ3) is 3.76. The highest BCUT2D eigenvalue weighted by Crippen LogP contribution is 2.27. The Labute approximate surface area is 132 Å². The van der Waals surface area contributed by atoms with E-state index in [1.54, 1.807) is 11.3 Å². The van der Waals surface area contributed by atoms with E-state index in [0.29, 0.717) is 5.13 Å². The van der Waals surface area contributed by atoms with Crippen molar-refractivity contribution >= 4 is 33.8 Å². The summed E-state index contributed by atoms with van der Waals surface area (Å²) >= 11 is 2.98. The van der Waals surface area contributed by atoms with Crippen molar-refractivity contribution < 1.29 is 4.79 Å². The molecule has 114 valence electrons. The van der Waals surface area contributed by atoms with E-state index in [9.17, 15) is 4.79 Å². The Morgan fingerprint density at radius 3 is 2.48 bits per heavy atom. The Morgan fingerprint density at radius 2 is 1.95 bits per heavy atom. The van der Waals surface area contributed by atoms with Crippen molar-refractivity contribution in [1.82, 2.24) is 20.5 Å². The molecular formula is C13H19N5OS2. The molecule has 0 fully saturated rings. The summed E-state index contributed by atoms with van der Waals surface area (Å²) in [5.41, 5.74) is 0.466. The number of urea groups is 1. The van der Waals surface area contributed by atoms with Crippen molar-refractivity contribution in [1.29, 1.82) is 0 Å². The van der Waals surface area contributed by atoms with Gasteiger partial charge in [-0.25, -0.2) is 9.78 Å². The molecule has 0 aliphatic rings. The number of rotatable bonds is 4. The van der Waals surface area contributed by atoms with Crippen molar-refractivity contribution in [2.24, 2.45) is 0 Å². The molecule has 2 N–H and O–H groups in total. The van der Waals surface area contributed by atoms with Gasteiger partial charge in [-0.05, 0) is 34.1 Å². The van der Waals surface area contributed by atoms with Crippen LogP contribution in [-0.4, -0.2) is 21.2 Å². The molecule has 2 rings (SSSR count). The first-order chi connectivity index (χ1) is 9.81. The highest BCUT2D eigenvalue weighted by atomic mass is 32.1. The summed E-state index contributed by atoms with van der Waals surface area (Å²) in [7, 11) is 0. The molecule has 0 atom stereocenters. The Hall–Kier alpha value is -1.54. The fraction of sp³-hybridized carbons (Fsp3) is 0.538. The SMILES string of the molecule is CCc1nnc(NC(=O)NC(C)(C)c2nc(C)c(C)s2)s1. The van der Waals surface area contributed by atoms with Crippen LogP contribution in [0.5, 0.6) is 0 Å². The second-order valence-corrected chi connectivity index (χ2v) is 7.48. The van der Waals surface area contributed by atoms with E-state index >= 15 is 0 Å². The average Bonchev–Trinajstić information content (AvgIpc) is 2.97. The van der Waals surface area contributed by atoms with Crippen LogP contribution in [-0.2, 0) is 12.0 Å². The van der Waals surface area contributed by atoms with Gasteiger partial charge in [-0.1, -0.05) is 18.3 Å². The highest BCUT2D eigenvalue weighted by Gasteiger charge is 2.27. The lowest BCUT2D eigenvalue weighted by atomic mass is 10.1. The molecule has 0 unspecified atom stereocenters. The number of carbonyl (C=O) groups is 1. The van der Waals surface area contributed by atoms with Gasteiger partial charge in [0.2, 0.25) is 5.13 Å². The van der Waals surface area contributed by atoms with E-state index in [0.717, 1.165) is 27.0 Å². The van der Waals surface area contributed by atoms with Gasteiger partial charge in [-0.2, -0.15) is 0 Å². The van der Waals surface area contributed by atoms with Gasteiger partial charge in [0, 0.05) is 4.88 Å². The van der Waals surface area contributed by atoms with Crippen LogP contribution in [0.3, 0.4) is 0 Å².